The number of halogens is 6. The fraction of sp³-hybridized carbons (Fsp3) is 1.00. The highest BCUT2D eigenvalue weighted by atomic mass is 19.4. The third-order valence-electron chi connectivity index (χ3n) is 6.15. The number of ether oxygens (including phenoxy) is 1. The molecule has 0 radical (unpaired) electrons. The predicted molar refractivity (Wildman–Crippen MR) is 103 cm³/mol. The largest absolute Gasteiger partial charge is 0.415 e. The standard InChI is InChI=1S/C20H35F6N3O/c1-13(2)27-7-6-8-28(12-19(21,22)23)17(11-27)16-10-29(14(3)4)9-15(5)30-18(16)20(24,25)26/h13-18H,6-12H2,1-5H3. The zero-order valence-corrected chi connectivity index (χ0v) is 18.4. The lowest BCUT2D eigenvalue weighted by Gasteiger charge is -2.42. The van der Waals surface area contributed by atoms with Gasteiger partial charge in [0.1, 0.15) is 0 Å². The van der Waals surface area contributed by atoms with E-state index in [1.165, 1.54) is 4.90 Å². The first-order valence-electron chi connectivity index (χ1n) is 10.7. The van der Waals surface area contributed by atoms with Crippen molar-refractivity contribution in [2.75, 3.05) is 39.3 Å². The molecule has 4 nitrogen and oxygen atoms in total. The summed E-state index contributed by atoms with van der Waals surface area (Å²) in [7, 11) is 0. The first kappa shape index (κ1) is 25.7. The third-order valence-corrected chi connectivity index (χ3v) is 6.15. The van der Waals surface area contributed by atoms with E-state index < -0.39 is 43.1 Å². The second-order valence-electron chi connectivity index (χ2n) is 9.22. The van der Waals surface area contributed by atoms with Crippen LogP contribution >= 0.6 is 0 Å². The Balaban J connectivity index is 2.47. The molecule has 0 aromatic heterocycles. The minimum Gasteiger partial charge on any atom is -0.364 e. The Morgan fingerprint density at radius 3 is 1.97 bits per heavy atom. The molecule has 10 heteroatoms. The second-order valence-corrected chi connectivity index (χ2v) is 9.22. The van der Waals surface area contributed by atoms with Crippen molar-refractivity contribution >= 4 is 0 Å². The van der Waals surface area contributed by atoms with Gasteiger partial charge in [-0.15, -0.1) is 0 Å². The summed E-state index contributed by atoms with van der Waals surface area (Å²) in [5.74, 6) is -1.11. The van der Waals surface area contributed by atoms with E-state index >= 15 is 0 Å². The van der Waals surface area contributed by atoms with Crippen LogP contribution in [0.1, 0.15) is 41.0 Å². The van der Waals surface area contributed by atoms with Crippen molar-refractivity contribution in [1.82, 2.24) is 14.7 Å². The van der Waals surface area contributed by atoms with Crippen molar-refractivity contribution < 1.29 is 31.1 Å². The molecule has 178 valence electrons. The smallest absolute Gasteiger partial charge is 0.364 e. The number of rotatable bonds is 4. The maximum Gasteiger partial charge on any atom is 0.415 e. The summed E-state index contributed by atoms with van der Waals surface area (Å²) >= 11 is 0. The highest BCUT2D eigenvalue weighted by Crippen LogP contribution is 2.37. The van der Waals surface area contributed by atoms with Crippen molar-refractivity contribution in [3.05, 3.63) is 0 Å². The van der Waals surface area contributed by atoms with Crippen LogP contribution in [-0.4, -0.2) is 96.7 Å². The van der Waals surface area contributed by atoms with Gasteiger partial charge in [-0.05, 0) is 47.6 Å². The van der Waals surface area contributed by atoms with Crippen LogP contribution in [0.25, 0.3) is 0 Å². The lowest BCUT2D eigenvalue weighted by molar-refractivity contribution is -0.249. The van der Waals surface area contributed by atoms with Crippen LogP contribution in [0.5, 0.6) is 0 Å². The van der Waals surface area contributed by atoms with Crippen LogP contribution in [0.15, 0.2) is 0 Å². The summed E-state index contributed by atoms with van der Waals surface area (Å²) in [4.78, 5) is 5.10. The molecule has 0 aromatic rings. The molecule has 2 fully saturated rings. The highest BCUT2D eigenvalue weighted by Gasteiger charge is 2.53. The van der Waals surface area contributed by atoms with Gasteiger partial charge in [-0.2, -0.15) is 26.3 Å². The summed E-state index contributed by atoms with van der Waals surface area (Å²) in [6.07, 6.45) is -11.4. The molecule has 0 bridgehead atoms. The van der Waals surface area contributed by atoms with E-state index in [9.17, 15) is 26.3 Å². The van der Waals surface area contributed by atoms with E-state index in [0.717, 1.165) is 0 Å². The average molecular weight is 448 g/mol. The molecular weight excluding hydrogens is 412 g/mol. The molecule has 2 aliphatic rings. The first-order chi connectivity index (χ1) is 13.7. The Labute approximate surface area is 175 Å². The Hall–Kier alpha value is -0.580. The van der Waals surface area contributed by atoms with Gasteiger partial charge in [-0.1, -0.05) is 0 Å². The van der Waals surface area contributed by atoms with Crippen molar-refractivity contribution in [2.24, 2.45) is 5.92 Å². The van der Waals surface area contributed by atoms with Gasteiger partial charge in [-0.25, -0.2) is 0 Å². The van der Waals surface area contributed by atoms with Crippen LogP contribution in [0.2, 0.25) is 0 Å². The van der Waals surface area contributed by atoms with Crippen LogP contribution in [0, 0.1) is 5.92 Å². The van der Waals surface area contributed by atoms with Gasteiger partial charge >= 0.3 is 12.4 Å². The second kappa shape index (κ2) is 9.92. The van der Waals surface area contributed by atoms with Crippen molar-refractivity contribution in [1.29, 1.82) is 0 Å². The molecule has 4 atom stereocenters. The maximum absolute atomic E-state index is 14.1. The number of alkyl halides is 6. The van der Waals surface area contributed by atoms with Crippen LogP contribution in [-0.2, 0) is 4.74 Å². The van der Waals surface area contributed by atoms with Gasteiger partial charge in [0.25, 0.3) is 0 Å². The van der Waals surface area contributed by atoms with Crippen LogP contribution in [0.4, 0.5) is 26.3 Å². The number of hydrogen-bond donors (Lipinski definition) is 0. The van der Waals surface area contributed by atoms with E-state index in [0.29, 0.717) is 19.5 Å². The zero-order valence-electron chi connectivity index (χ0n) is 18.4. The molecule has 2 saturated heterocycles. The fourth-order valence-corrected chi connectivity index (χ4v) is 4.62. The first-order valence-corrected chi connectivity index (χ1v) is 10.7. The zero-order chi connectivity index (χ0) is 22.9. The molecule has 0 spiro atoms. The molecule has 0 amide bonds. The van der Waals surface area contributed by atoms with Gasteiger partial charge in [0.15, 0.2) is 6.10 Å². The fourth-order valence-electron chi connectivity index (χ4n) is 4.62. The maximum atomic E-state index is 14.1. The lowest BCUT2D eigenvalue weighted by Crippen LogP contribution is -2.57. The van der Waals surface area contributed by atoms with E-state index in [2.05, 4.69) is 0 Å². The molecule has 0 N–H and O–H groups in total. The van der Waals surface area contributed by atoms with Crippen LogP contribution < -0.4 is 0 Å². The Morgan fingerprint density at radius 2 is 1.47 bits per heavy atom. The minimum absolute atomic E-state index is 0.0337. The Bertz CT molecular complexity index is 540. The summed E-state index contributed by atoms with van der Waals surface area (Å²) < 4.78 is 87.6. The normalized spacial score (nSPS) is 31.9. The minimum atomic E-state index is -4.65. The van der Waals surface area contributed by atoms with E-state index in [-0.39, 0.29) is 31.7 Å². The molecule has 30 heavy (non-hydrogen) atoms. The van der Waals surface area contributed by atoms with Crippen LogP contribution in [0.3, 0.4) is 0 Å². The summed E-state index contributed by atoms with van der Waals surface area (Å²) in [6.45, 7) is 9.22. The van der Waals surface area contributed by atoms with Crippen molar-refractivity contribution in [3.63, 3.8) is 0 Å². The van der Waals surface area contributed by atoms with Gasteiger partial charge < -0.3 is 4.74 Å². The third kappa shape index (κ3) is 6.97. The molecule has 0 saturated carbocycles. The van der Waals surface area contributed by atoms with E-state index in [1.54, 1.807) is 6.92 Å². The van der Waals surface area contributed by atoms with Crippen molar-refractivity contribution in [3.8, 4) is 0 Å². The van der Waals surface area contributed by atoms with Gasteiger partial charge in [0.2, 0.25) is 0 Å². The predicted octanol–water partition coefficient (Wildman–Crippen LogP) is 4.01. The lowest BCUT2D eigenvalue weighted by atomic mass is 9.90. The summed E-state index contributed by atoms with van der Waals surface area (Å²) in [5.41, 5.74) is 0. The molecule has 0 aromatic carbocycles. The molecule has 2 aliphatic heterocycles. The molecular formula is C20H35F6N3O. The quantitative estimate of drug-likeness (QED) is 0.607. The highest BCUT2D eigenvalue weighted by molar-refractivity contribution is 4.96. The van der Waals surface area contributed by atoms with Gasteiger partial charge in [0, 0.05) is 50.2 Å². The molecule has 0 aliphatic carbocycles. The molecule has 2 rings (SSSR count). The number of hydrogen-bond acceptors (Lipinski definition) is 4. The van der Waals surface area contributed by atoms with Crippen molar-refractivity contribution in [2.45, 2.75) is 83.7 Å². The summed E-state index contributed by atoms with van der Waals surface area (Å²) in [5, 5.41) is 0. The average Bonchev–Trinajstić information content (AvgIpc) is 2.87. The SMILES string of the molecule is CC1CN(C(C)C)CC(C2CN(C(C)C)CCCN2CC(F)(F)F)C(C(F)(F)F)O1. The Morgan fingerprint density at radius 1 is 0.867 bits per heavy atom. The molecule has 4 unspecified atom stereocenters. The molecule has 2 heterocycles. The van der Waals surface area contributed by atoms with E-state index in [1.807, 2.05) is 37.5 Å². The summed E-state index contributed by atoms with van der Waals surface area (Å²) in [6, 6.07) is -0.905. The number of nitrogens with zero attached hydrogens (tertiary/aromatic N) is 3. The topological polar surface area (TPSA) is 19.0 Å². The van der Waals surface area contributed by atoms with Gasteiger partial charge in [0.05, 0.1) is 12.6 Å². The van der Waals surface area contributed by atoms with Gasteiger partial charge in [-0.3, -0.25) is 14.7 Å². The van der Waals surface area contributed by atoms with E-state index in [4.69, 9.17) is 4.74 Å². The Kier molecular flexibility index (Phi) is 8.49. The monoisotopic (exact) mass is 447 g/mol.